The highest BCUT2D eigenvalue weighted by Crippen LogP contribution is 2.12. The number of aliphatic hydroxyl groups is 5. The molecule has 0 fully saturated rings. The predicted molar refractivity (Wildman–Crippen MR) is 69.0 cm³/mol. The minimum absolute atomic E-state index is 0.0819. The summed E-state index contributed by atoms with van der Waals surface area (Å²) in [6.07, 6.45) is 1.19. The molecule has 0 spiro atoms. The van der Waals surface area contributed by atoms with Crippen molar-refractivity contribution in [2.75, 3.05) is 33.0 Å². The van der Waals surface area contributed by atoms with Crippen LogP contribution in [0.3, 0.4) is 0 Å². The highest BCUT2D eigenvalue weighted by molar-refractivity contribution is 5.18. The van der Waals surface area contributed by atoms with Gasteiger partial charge in [0.05, 0.1) is 33.0 Å². The van der Waals surface area contributed by atoms with Crippen LogP contribution in [0.15, 0.2) is 6.20 Å². The molecule has 0 aliphatic heterocycles. The van der Waals surface area contributed by atoms with Gasteiger partial charge in [-0.3, -0.25) is 0 Å². The molecule has 0 aliphatic carbocycles. The lowest BCUT2D eigenvalue weighted by atomic mass is 10.6. The number of aliphatic hydroxyl groups excluding tert-OH is 5. The van der Waals surface area contributed by atoms with Gasteiger partial charge in [-0.15, -0.1) is 0 Å². The first-order valence-electron chi connectivity index (χ1n) is 5.70. The molecule has 0 amide bonds. The number of rotatable bonds is 5. The molecule has 0 unspecified atom stereocenters. The van der Waals surface area contributed by atoms with Gasteiger partial charge in [0.2, 0.25) is 0 Å². The van der Waals surface area contributed by atoms with E-state index in [1.165, 1.54) is 10.8 Å². The van der Waals surface area contributed by atoms with Crippen LogP contribution >= 0.6 is 0 Å². The standard InChI is InChI=1S/C6H9N3O3.2C2H6O2/c1-5-7-4-6(9(11)12)8(5)2-3-10;2*3-1-2-4/h4,10H,2-3H2,1H3;2*3-4H,1-2H2. The van der Waals surface area contributed by atoms with Crippen molar-refractivity contribution in [3.8, 4) is 0 Å². The van der Waals surface area contributed by atoms with Crippen LogP contribution < -0.4 is 0 Å². The molecule has 10 heteroatoms. The number of nitro groups is 1. The normalized spacial score (nSPS) is 9.10. The van der Waals surface area contributed by atoms with E-state index in [-0.39, 0.29) is 45.4 Å². The highest BCUT2D eigenvalue weighted by Gasteiger charge is 2.15. The Balaban J connectivity index is 0. The molecule has 5 N–H and O–H groups in total. The minimum Gasteiger partial charge on any atom is -0.394 e. The largest absolute Gasteiger partial charge is 0.394 e. The van der Waals surface area contributed by atoms with E-state index in [1.807, 2.05) is 0 Å². The number of imidazole rings is 1. The summed E-state index contributed by atoms with van der Waals surface area (Å²) in [5, 5.41) is 49.5. The number of aryl methyl sites for hydroxylation is 1. The number of hydrogen-bond acceptors (Lipinski definition) is 8. The van der Waals surface area contributed by atoms with Crippen LogP contribution in [0.5, 0.6) is 0 Å². The summed E-state index contributed by atoms with van der Waals surface area (Å²) in [5.41, 5.74) is 0. The van der Waals surface area contributed by atoms with Crippen molar-refractivity contribution in [3.05, 3.63) is 22.1 Å². The fourth-order valence-electron chi connectivity index (χ4n) is 0.978. The second-order valence-electron chi connectivity index (χ2n) is 3.19. The number of hydrogen-bond donors (Lipinski definition) is 5. The molecule has 0 atom stereocenters. The lowest BCUT2D eigenvalue weighted by molar-refractivity contribution is -0.392. The fraction of sp³-hybridized carbons (Fsp3) is 0.700. The van der Waals surface area contributed by atoms with E-state index in [1.54, 1.807) is 6.92 Å². The molecule has 1 aromatic rings. The van der Waals surface area contributed by atoms with E-state index >= 15 is 0 Å². The lowest BCUT2D eigenvalue weighted by Gasteiger charge is -1.98. The summed E-state index contributed by atoms with van der Waals surface area (Å²) < 4.78 is 1.36. The Labute approximate surface area is 115 Å². The molecule has 1 aromatic heterocycles. The zero-order valence-corrected chi connectivity index (χ0v) is 11.2. The Kier molecular flexibility index (Phi) is 14.3. The van der Waals surface area contributed by atoms with Gasteiger partial charge in [-0.2, -0.15) is 0 Å². The van der Waals surface area contributed by atoms with Crippen molar-refractivity contribution in [1.29, 1.82) is 0 Å². The third-order valence-corrected chi connectivity index (χ3v) is 1.74. The van der Waals surface area contributed by atoms with Crippen molar-refractivity contribution in [3.63, 3.8) is 0 Å². The van der Waals surface area contributed by atoms with Gasteiger partial charge in [0.15, 0.2) is 5.82 Å². The van der Waals surface area contributed by atoms with Crippen LogP contribution in [0.25, 0.3) is 0 Å². The quantitative estimate of drug-likeness (QED) is 0.308. The lowest BCUT2D eigenvalue weighted by Crippen LogP contribution is -2.07. The van der Waals surface area contributed by atoms with Gasteiger partial charge < -0.3 is 35.6 Å². The molecule has 0 aliphatic rings. The first-order chi connectivity index (χ1) is 9.49. The van der Waals surface area contributed by atoms with Crippen molar-refractivity contribution in [1.82, 2.24) is 9.55 Å². The van der Waals surface area contributed by atoms with Crippen molar-refractivity contribution in [2.24, 2.45) is 0 Å². The fourth-order valence-corrected chi connectivity index (χ4v) is 0.978. The van der Waals surface area contributed by atoms with Crippen LogP contribution in [0, 0.1) is 17.0 Å². The van der Waals surface area contributed by atoms with Crippen LogP contribution in [0.1, 0.15) is 5.82 Å². The van der Waals surface area contributed by atoms with E-state index in [4.69, 9.17) is 25.5 Å². The van der Waals surface area contributed by atoms with Gasteiger partial charge in [-0.1, -0.05) is 0 Å². The maximum atomic E-state index is 10.4. The molecular formula is C10H21N3O7. The maximum Gasteiger partial charge on any atom is 0.342 e. The number of nitrogens with zero attached hydrogens (tertiary/aromatic N) is 3. The van der Waals surface area contributed by atoms with Crippen LogP contribution in [0.4, 0.5) is 5.82 Å². The maximum absolute atomic E-state index is 10.4. The average molecular weight is 295 g/mol. The topological polar surface area (TPSA) is 162 Å². The van der Waals surface area contributed by atoms with Crippen LogP contribution in [-0.2, 0) is 6.54 Å². The third kappa shape index (κ3) is 9.35. The molecule has 0 radical (unpaired) electrons. The Morgan fingerprint density at radius 1 is 1.10 bits per heavy atom. The van der Waals surface area contributed by atoms with Crippen molar-refractivity contribution >= 4 is 5.82 Å². The summed E-state index contributed by atoms with van der Waals surface area (Å²) in [6, 6.07) is 0. The second-order valence-corrected chi connectivity index (χ2v) is 3.19. The summed E-state index contributed by atoms with van der Waals surface area (Å²) in [6.45, 7) is 1.24. The van der Waals surface area contributed by atoms with Gasteiger partial charge in [0.25, 0.3) is 0 Å². The van der Waals surface area contributed by atoms with Crippen molar-refractivity contribution < 1.29 is 30.5 Å². The third-order valence-electron chi connectivity index (χ3n) is 1.74. The van der Waals surface area contributed by atoms with Crippen LogP contribution in [0.2, 0.25) is 0 Å². The summed E-state index contributed by atoms with van der Waals surface area (Å²) in [5.74, 6) is 0.456. The van der Waals surface area contributed by atoms with Gasteiger partial charge in [0, 0.05) is 6.92 Å². The molecule has 0 bridgehead atoms. The number of aromatic nitrogens is 2. The summed E-state index contributed by atoms with van der Waals surface area (Å²) >= 11 is 0. The van der Waals surface area contributed by atoms with Gasteiger partial charge in [0.1, 0.15) is 12.7 Å². The Bertz CT molecular complexity index is 349. The SMILES string of the molecule is Cc1ncc([N+](=O)[O-])n1CCO.OCCO.OCCO. The molecule has 10 nitrogen and oxygen atoms in total. The molecular weight excluding hydrogens is 274 g/mol. The van der Waals surface area contributed by atoms with Gasteiger partial charge in [-0.25, -0.2) is 9.55 Å². The van der Waals surface area contributed by atoms with E-state index < -0.39 is 4.92 Å². The van der Waals surface area contributed by atoms with E-state index in [9.17, 15) is 10.1 Å². The first-order valence-corrected chi connectivity index (χ1v) is 5.70. The Morgan fingerprint density at radius 3 is 1.85 bits per heavy atom. The molecule has 0 saturated heterocycles. The summed E-state index contributed by atoms with van der Waals surface area (Å²) in [4.78, 5) is 13.6. The monoisotopic (exact) mass is 295 g/mol. The smallest absolute Gasteiger partial charge is 0.342 e. The van der Waals surface area contributed by atoms with Gasteiger partial charge in [-0.05, 0) is 4.92 Å². The molecule has 1 rings (SSSR count). The van der Waals surface area contributed by atoms with Crippen LogP contribution in [-0.4, -0.2) is 73.0 Å². The Hall–Kier alpha value is -1.59. The second kappa shape index (κ2) is 13.8. The Morgan fingerprint density at radius 2 is 1.55 bits per heavy atom. The zero-order chi connectivity index (χ0) is 16.0. The zero-order valence-electron chi connectivity index (χ0n) is 11.2. The molecule has 0 saturated carbocycles. The molecule has 20 heavy (non-hydrogen) atoms. The summed E-state index contributed by atoms with van der Waals surface area (Å²) in [7, 11) is 0. The van der Waals surface area contributed by atoms with E-state index in [2.05, 4.69) is 4.98 Å². The minimum atomic E-state index is -0.518. The van der Waals surface area contributed by atoms with Gasteiger partial charge >= 0.3 is 5.82 Å². The van der Waals surface area contributed by atoms with E-state index in [0.29, 0.717) is 5.82 Å². The van der Waals surface area contributed by atoms with E-state index in [0.717, 1.165) is 0 Å². The highest BCUT2D eigenvalue weighted by atomic mass is 16.6. The predicted octanol–water partition coefficient (Wildman–Crippen LogP) is -1.97. The average Bonchev–Trinajstić information content (AvgIpc) is 2.81. The molecule has 1 heterocycles. The molecule has 118 valence electrons. The molecule has 0 aromatic carbocycles. The van der Waals surface area contributed by atoms with Crippen molar-refractivity contribution in [2.45, 2.75) is 13.5 Å². The first kappa shape index (κ1) is 20.7.